The van der Waals surface area contributed by atoms with Gasteiger partial charge in [-0.05, 0) is 30.0 Å². The van der Waals surface area contributed by atoms with Gasteiger partial charge in [0.2, 0.25) is 0 Å². The smallest absolute Gasteiger partial charge is 0.387 e. The van der Waals surface area contributed by atoms with Crippen LogP contribution in [0.25, 0.3) is 0 Å². The summed E-state index contributed by atoms with van der Waals surface area (Å²) in [6, 6.07) is 6.55. The molecule has 0 aliphatic carbocycles. The third-order valence-corrected chi connectivity index (χ3v) is 3.59. The van der Waals surface area contributed by atoms with E-state index in [2.05, 4.69) is 41.1 Å². The maximum absolute atomic E-state index is 12.3. The van der Waals surface area contributed by atoms with Gasteiger partial charge in [0.25, 0.3) is 0 Å². The van der Waals surface area contributed by atoms with Crippen molar-refractivity contribution in [2.45, 2.75) is 47.0 Å². The van der Waals surface area contributed by atoms with Crippen LogP contribution >= 0.6 is 0 Å². The lowest BCUT2D eigenvalue weighted by atomic mass is 9.89. The topological polar surface area (TPSA) is 54.9 Å². The van der Waals surface area contributed by atoms with Crippen molar-refractivity contribution in [2.75, 3.05) is 20.2 Å². The van der Waals surface area contributed by atoms with E-state index in [1.54, 1.807) is 19.2 Å². The van der Waals surface area contributed by atoms with Gasteiger partial charge in [-0.15, -0.1) is 0 Å². The molecule has 0 aliphatic heterocycles. The van der Waals surface area contributed by atoms with E-state index in [-0.39, 0.29) is 17.3 Å². The second-order valence-electron chi connectivity index (χ2n) is 6.69. The van der Waals surface area contributed by atoms with Gasteiger partial charge in [0.15, 0.2) is 5.96 Å². The Labute approximate surface area is 148 Å². The van der Waals surface area contributed by atoms with Crippen LogP contribution in [0.15, 0.2) is 29.3 Å². The SMILES string of the molecule is CCNC(=NCc1cccc(OC(F)F)c1)NCC(OC)C(C)(C)C. The molecule has 0 radical (unpaired) electrons. The van der Waals surface area contributed by atoms with Crippen LogP contribution in [0, 0.1) is 5.41 Å². The molecule has 0 saturated heterocycles. The molecule has 0 bridgehead atoms. The summed E-state index contributed by atoms with van der Waals surface area (Å²) in [5.41, 5.74) is 0.787. The zero-order valence-electron chi connectivity index (χ0n) is 15.6. The van der Waals surface area contributed by atoms with Crippen molar-refractivity contribution in [1.29, 1.82) is 0 Å². The minimum atomic E-state index is -2.83. The first-order chi connectivity index (χ1) is 11.8. The molecule has 2 N–H and O–H groups in total. The second-order valence-corrected chi connectivity index (χ2v) is 6.69. The van der Waals surface area contributed by atoms with Crippen LogP contribution < -0.4 is 15.4 Å². The lowest BCUT2D eigenvalue weighted by molar-refractivity contribution is -0.0498. The van der Waals surface area contributed by atoms with Crippen LogP contribution in [0.1, 0.15) is 33.3 Å². The number of benzene rings is 1. The molecule has 1 unspecified atom stereocenters. The van der Waals surface area contributed by atoms with Gasteiger partial charge in [0.05, 0.1) is 12.6 Å². The highest BCUT2D eigenvalue weighted by atomic mass is 19.3. The van der Waals surface area contributed by atoms with Gasteiger partial charge in [0, 0.05) is 20.2 Å². The first-order valence-corrected chi connectivity index (χ1v) is 8.35. The fourth-order valence-corrected chi connectivity index (χ4v) is 2.26. The Morgan fingerprint density at radius 3 is 2.52 bits per heavy atom. The molecule has 0 spiro atoms. The van der Waals surface area contributed by atoms with E-state index in [4.69, 9.17) is 4.74 Å². The van der Waals surface area contributed by atoms with Gasteiger partial charge in [-0.3, -0.25) is 0 Å². The fraction of sp³-hybridized carbons (Fsp3) is 0.611. The van der Waals surface area contributed by atoms with E-state index in [0.29, 0.717) is 25.6 Å². The van der Waals surface area contributed by atoms with E-state index >= 15 is 0 Å². The summed E-state index contributed by atoms with van der Waals surface area (Å²) in [4.78, 5) is 4.49. The minimum absolute atomic E-state index is 0.0000167. The first-order valence-electron chi connectivity index (χ1n) is 8.35. The van der Waals surface area contributed by atoms with Crippen molar-refractivity contribution in [3.8, 4) is 5.75 Å². The van der Waals surface area contributed by atoms with Gasteiger partial charge in [-0.1, -0.05) is 32.9 Å². The summed E-state index contributed by atoms with van der Waals surface area (Å²) in [6.07, 6.45) is 0.0270. The molecule has 1 aromatic carbocycles. The standard InChI is InChI=1S/C18H29F2N3O2/c1-6-21-17(23-12-15(24-5)18(2,3)4)22-11-13-8-7-9-14(10-13)25-16(19)20/h7-10,15-16H,6,11-12H2,1-5H3,(H2,21,22,23). The van der Waals surface area contributed by atoms with Gasteiger partial charge in [0.1, 0.15) is 5.75 Å². The molecular weight excluding hydrogens is 328 g/mol. The predicted molar refractivity (Wildman–Crippen MR) is 96.1 cm³/mol. The van der Waals surface area contributed by atoms with Crippen molar-refractivity contribution in [2.24, 2.45) is 10.4 Å². The third kappa shape index (κ3) is 8.16. The second kappa shape index (κ2) is 10.2. The van der Waals surface area contributed by atoms with Gasteiger partial charge >= 0.3 is 6.61 Å². The average molecular weight is 357 g/mol. The highest BCUT2D eigenvalue weighted by molar-refractivity contribution is 5.79. The number of guanidine groups is 1. The number of aliphatic imine (C=N–C) groups is 1. The predicted octanol–water partition coefficient (Wildman–Crippen LogP) is 3.40. The summed E-state index contributed by atoms with van der Waals surface area (Å²) in [6.45, 7) is 7.16. The maximum Gasteiger partial charge on any atom is 0.387 e. The van der Waals surface area contributed by atoms with E-state index < -0.39 is 6.61 Å². The van der Waals surface area contributed by atoms with E-state index in [0.717, 1.165) is 5.56 Å². The number of rotatable bonds is 8. The molecule has 1 aromatic rings. The normalized spacial score (nSPS) is 13.7. The summed E-state index contributed by atoms with van der Waals surface area (Å²) < 4.78 is 34.5. The summed E-state index contributed by atoms with van der Waals surface area (Å²) in [7, 11) is 1.69. The molecule has 0 fully saturated rings. The summed E-state index contributed by atoms with van der Waals surface area (Å²) in [5, 5.41) is 6.42. The number of hydrogen-bond acceptors (Lipinski definition) is 3. The largest absolute Gasteiger partial charge is 0.435 e. The Morgan fingerprint density at radius 1 is 1.24 bits per heavy atom. The minimum Gasteiger partial charge on any atom is -0.435 e. The molecule has 1 atom stereocenters. The van der Waals surface area contributed by atoms with Crippen LogP contribution in [0.2, 0.25) is 0 Å². The van der Waals surface area contributed by atoms with E-state index in [1.165, 1.54) is 6.07 Å². The molecular formula is C18H29F2N3O2. The Balaban J connectivity index is 2.72. The monoisotopic (exact) mass is 357 g/mol. The number of hydrogen-bond donors (Lipinski definition) is 2. The van der Waals surface area contributed by atoms with Crippen LogP contribution in [0.4, 0.5) is 8.78 Å². The Bertz CT molecular complexity index is 545. The molecule has 0 aromatic heterocycles. The summed E-state index contributed by atoms with van der Waals surface area (Å²) >= 11 is 0. The number of ether oxygens (including phenoxy) is 2. The molecule has 0 saturated carbocycles. The van der Waals surface area contributed by atoms with Crippen molar-refractivity contribution >= 4 is 5.96 Å². The van der Waals surface area contributed by atoms with Gasteiger partial charge < -0.3 is 20.1 Å². The zero-order valence-corrected chi connectivity index (χ0v) is 15.6. The quantitative estimate of drug-likeness (QED) is 0.553. The third-order valence-electron chi connectivity index (χ3n) is 3.59. The summed E-state index contributed by atoms with van der Waals surface area (Å²) in [5.74, 6) is 0.779. The van der Waals surface area contributed by atoms with Crippen LogP contribution in [0.5, 0.6) is 5.75 Å². The Kier molecular flexibility index (Phi) is 8.61. The first kappa shape index (κ1) is 21.2. The molecule has 7 heteroatoms. The number of nitrogens with one attached hydrogen (secondary N) is 2. The zero-order chi connectivity index (χ0) is 18.9. The lowest BCUT2D eigenvalue weighted by Crippen LogP contribution is -2.45. The van der Waals surface area contributed by atoms with Gasteiger partial charge in [-0.25, -0.2) is 4.99 Å². The maximum atomic E-state index is 12.3. The molecule has 0 aliphatic rings. The molecule has 5 nitrogen and oxygen atoms in total. The van der Waals surface area contributed by atoms with Crippen LogP contribution in [-0.2, 0) is 11.3 Å². The van der Waals surface area contributed by atoms with Crippen molar-refractivity contribution < 1.29 is 18.3 Å². The number of nitrogens with zero attached hydrogens (tertiary/aromatic N) is 1. The highest BCUT2D eigenvalue weighted by Crippen LogP contribution is 2.21. The van der Waals surface area contributed by atoms with Gasteiger partial charge in [-0.2, -0.15) is 8.78 Å². The lowest BCUT2D eigenvalue weighted by Gasteiger charge is -2.30. The number of alkyl halides is 2. The van der Waals surface area contributed by atoms with Crippen molar-refractivity contribution in [1.82, 2.24) is 10.6 Å². The Hall–Kier alpha value is -1.89. The molecule has 25 heavy (non-hydrogen) atoms. The van der Waals surface area contributed by atoms with Crippen molar-refractivity contribution in [3.05, 3.63) is 29.8 Å². The average Bonchev–Trinajstić information content (AvgIpc) is 2.51. The highest BCUT2D eigenvalue weighted by Gasteiger charge is 2.24. The fourth-order valence-electron chi connectivity index (χ4n) is 2.26. The molecule has 142 valence electrons. The Morgan fingerprint density at radius 2 is 1.96 bits per heavy atom. The van der Waals surface area contributed by atoms with Crippen LogP contribution in [-0.4, -0.2) is 38.9 Å². The van der Waals surface area contributed by atoms with Crippen molar-refractivity contribution in [3.63, 3.8) is 0 Å². The molecule has 0 heterocycles. The molecule has 0 amide bonds. The van der Waals surface area contributed by atoms with E-state index in [9.17, 15) is 8.78 Å². The number of methoxy groups -OCH3 is 1. The number of halogens is 2. The van der Waals surface area contributed by atoms with Crippen LogP contribution in [0.3, 0.4) is 0 Å². The molecule has 1 rings (SSSR count). The van der Waals surface area contributed by atoms with E-state index in [1.807, 2.05) is 13.0 Å².